The number of aromatic nitrogens is 1. The number of benzene rings is 2. The fourth-order valence-corrected chi connectivity index (χ4v) is 4.62. The lowest BCUT2D eigenvalue weighted by Crippen LogP contribution is -2.38. The van der Waals surface area contributed by atoms with Gasteiger partial charge in [-0.3, -0.25) is 14.6 Å². The molecule has 1 atom stereocenters. The van der Waals surface area contributed by atoms with Gasteiger partial charge in [-0.05, 0) is 56.2 Å². The molecule has 1 aliphatic rings. The number of allylic oxidation sites excluding steroid dienone is 1. The number of amides is 2. The number of nitrogens with zero attached hydrogens (tertiary/aromatic N) is 2. The van der Waals surface area contributed by atoms with E-state index >= 15 is 0 Å². The Labute approximate surface area is 217 Å². The van der Waals surface area contributed by atoms with Gasteiger partial charge in [0.1, 0.15) is 0 Å². The van der Waals surface area contributed by atoms with Gasteiger partial charge in [0.25, 0.3) is 5.91 Å². The molecule has 0 saturated heterocycles. The molecule has 1 unspecified atom stereocenters. The number of nitrogens with one attached hydrogen (secondary N) is 1. The van der Waals surface area contributed by atoms with Gasteiger partial charge in [0.05, 0.1) is 31.0 Å². The van der Waals surface area contributed by atoms with E-state index in [4.69, 9.17) is 4.74 Å². The van der Waals surface area contributed by atoms with Gasteiger partial charge in [-0.25, -0.2) is 4.79 Å². The van der Waals surface area contributed by atoms with E-state index in [9.17, 15) is 14.4 Å². The molecule has 0 radical (unpaired) electrons. The molecule has 2 amide bonds. The summed E-state index contributed by atoms with van der Waals surface area (Å²) in [6.07, 6.45) is 1.85. The van der Waals surface area contributed by atoms with Crippen molar-refractivity contribution in [1.29, 1.82) is 0 Å². The van der Waals surface area contributed by atoms with E-state index in [1.165, 1.54) is 0 Å². The Morgan fingerprint density at radius 1 is 1.05 bits per heavy atom. The predicted octanol–water partition coefficient (Wildman–Crippen LogP) is 4.67. The van der Waals surface area contributed by atoms with Crippen LogP contribution in [0.15, 0.2) is 84.2 Å². The van der Waals surface area contributed by atoms with Crippen LogP contribution in [0.2, 0.25) is 0 Å². The molecule has 4 rings (SSSR count). The second-order valence-corrected chi connectivity index (χ2v) is 9.07. The molecule has 0 spiro atoms. The average molecular weight is 498 g/mol. The van der Waals surface area contributed by atoms with Crippen LogP contribution < -0.4 is 5.32 Å². The van der Waals surface area contributed by atoms with Crippen molar-refractivity contribution < 1.29 is 19.1 Å². The van der Waals surface area contributed by atoms with E-state index in [0.717, 1.165) is 22.4 Å². The first-order valence-corrected chi connectivity index (χ1v) is 12.4. The highest BCUT2D eigenvalue weighted by Crippen LogP contribution is 2.38. The third-order valence-electron chi connectivity index (χ3n) is 6.45. The van der Waals surface area contributed by atoms with Gasteiger partial charge >= 0.3 is 5.97 Å². The minimum Gasteiger partial charge on any atom is -0.463 e. The quantitative estimate of drug-likeness (QED) is 0.457. The van der Waals surface area contributed by atoms with Crippen molar-refractivity contribution in [2.75, 3.05) is 6.61 Å². The number of carbonyl (C=O) groups excluding carboxylic acids is 3. The van der Waals surface area contributed by atoms with E-state index in [2.05, 4.69) is 10.3 Å². The molecule has 0 aliphatic carbocycles. The summed E-state index contributed by atoms with van der Waals surface area (Å²) >= 11 is 0. The topological polar surface area (TPSA) is 88.6 Å². The number of rotatable bonds is 8. The third kappa shape index (κ3) is 6.12. The second-order valence-electron chi connectivity index (χ2n) is 9.07. The molecule has 2 aromatic carbocycles. The average Bonchev–Trinajstić information content (AvgIpc) is 2.90. The van der Waals surface area contributed by atoms with Crippen LogP contribution in [0.4, 0.5) is 0 Å². The van der Waals surface area contributed by atoms with Crippen LogP contribution in [0, 0.1) is 6.92 Å². The smallest absolute Gasteiger partial charge is 0.336 e. The maximum atomic E-state index is 13.3. The van der Waals surface area contributed by atoms with Crippen molar-refractivity contribution in [2.45, 2.75) is 46.2 Å². The lowest BCUT2D eigenvalue weighted by molar-refractivity contribution is -0.140. The van der Waals surface area contributed by atoms with Crippen molar-refractivity contribution in [3.63, 3.8) is 0 Å². The largest absolute Gasteiger partial charge is 0.463 e. The van der Waals surface area contributed by atoms with Gasteiger partial charge in [0, 0.05) is 29.8 Å². The van der Waals surface area contributed by atoms with Gasteiger partial charge in [0.15, 0.2) is 0 Å². The van der Waals surface area contributed by atoms with Crippen LogP contribution in [0.3, 0.4) is 0 Å². The minimum atomic E-state index is -0.411. The summed E-state index contributed by atoms with van der Waals surface area (Å²) in [7, 11) is 0. The van der Waals surface area contributed by atoms with Crippen LogP contribution in [0.1, 0.15) is 58.9 Å². The Kier molecular flexibility index (Phi) is 8.13. The van der Waals surface area contributed by atoms with E-state index in [1.807, 2.05) is 55.5 Å². The molecule has 0 saturated carbocycles. The first-order valence-electron chi connectivity index (χ1n) is 12.4. The zero-order valence-electron chi connectivity index (χ0n) is 21.4. The highest BCUT2D eigenvalue weighted by Gasteiger charge is 2.37. The number of carbonyl (C=O) groups is 3. The maximum absolute atomic E-state index is 13.3. The Hall–Kier alpha value is -4.26. The van der Waals surface area contributed by atoms with Crippen LogP contribution >= 0.6 is 0 Å². The molecular formula is C30H31N3O4. The van der Waals surface area contributed by atoms with Gasteiger partial charge < -0.3 is 15.0 Å². The van der Waals surface area contributed by atoms with Crippen molar-refractivity contribution >= 4 is 17.8 Å². The second kappa shape index (κ2) is 11.6. The summed E-state index contributed by atoms with van der Waals surface area (Å²) in [6.45, 7) is 6.36. The fourth-order valence-electron chi connectivity index (χ4n) is 4.62. The van der Waals surface area contributed by atoms with Crippen LogP contribution in [0.5, 0.6) is 0 Å². The normalized spacial score (nSPS) is 15.5. The van der Waals surface area contributed by atoms with Crippen molar-refractivity contribution in [2.24, 2.45) is 0 Å². The molecule has 7 nitrogen and oxygen atoms in total. The number of aryl methyl sites for hydroxylation is 1. The van der Waals surface area contributed by atoms with Crippen LogP contribution in [0.25, 0.3) is 0 Å². The van der Waals surface area contributed by atoms with Gasteiger partial charge in [-0.2, -0.15) is 0 Å². The lowest BCUT2D eigenvalue weighted by atomic mass is 9.83. The van der Waals surface area contributed by atoms with E-state index in [-0.39, 0.29) is 37.3 Å². The predicted molar refractivity (Wildman–Crippen MR) is 140 cm³/mol. The number of hydrogen-bond acceptors (Lipinski definition) is 5. The first-order chi connectivity index (χ1) is 17.9. The molecule has 3 aromatic rings. The van der Waals surface area contributed by atoms with E-state index < -0.39 is 5.97 Å². The summed E-state index contributed by atoms with van der Waals surface area (Å²) in [5, 5.41) is 2.88. The molecule has 190 valence electrons. The Morgan fingerprint density at radius 3 is 2.59 bits per heavy atom. The summed E-state index contributed by atoms with van der Waals surface area (Å²) < 4.78 is 5.39. The number of ether oxygens (including phenoxy) is 1. The summed E-state index contributed by atoms with van der Waals surface area (Å²) in [6, 6.07) is 20.6. The Bertz CT molecular complexity index is 1330. The lowest BCUT2D eigenvalue weighted by Gasteiger charge is -2.34. The van der Waals surface area contributed by atoms with Gasteiger partial charge in [0.2, 0.25) is 5.91 Å². The van der Waals surface area contributed by atoms with Gasteiger partial charge in [-0.15, -0.1) is 0 Å². The number of hydrogen-bond donors (Lipinski definition) is 1. The Balaban J connectivity index is 1.58. The van der Waals surface area contributed by atoms with Crippen LogP contribution in [-0.2, 0) is 27.4 Å². The number of esters is 1. The molecular weight excluding hydrogens is 466 g/mol. The molecule has 1 aromatic heterocycles. The molecule has 1 aliphatic heterocycles. The fraction of sp³-hybridized carbons (Fsp3) is 0.267. The summed E-state index contributed by atoms with van der Waals surface area (Å²) in [5.74, 6) is -1.09. The monoisotopic (exact) mass is 497 g/mol. The SMILES string of the molecule is CCOC(=O)C1=C(C)N(Cc2cccc(C(=O)NCc3ccccn3)c2)C(=O)CC1c1cccc(C)c1. The Morgan fingerprint density at radius 2 is 1.86 bits per heavy atom. The highest BCUT2D eigenvalue weighted by molar-refractivity contribution is 5.96. The van der Waals surface area contributed by atoms with Crippen LogP contribution in [-0.4, -0.2) is 34.3 Å². The molecule has 2 heterocycles. The standard InChI is InChI=1S/C30H31N3O4/c1-4-37-30(36)28-21(3)33(27(34)17-26(28)23-11-7-9-20(2)15-23)19-22-10-8-12-24(16-22)29(35)32-18-25-13-5-6-14-31-25/h5-16,26H,4,17-19H2,1-3H3,(H,32,35). The molecule has 0 bridgehead atoms. The minimum absolute atomic E-state index is 0.0814. The third-order valence-corrected chi connectivity index (χ3v) is 6.45. The van der Waals surface area contributed by atoms with Gasteiger partial charge in [-0.1, -0.05) is 48.0 Å². The zero-order valence-corrected chi connectivity index (χ0v) is 21.4. The summed E-state index contributed by atoms with van der Waals surface area (Å²) in [4.78, 5) is 45.0. The first kappa shape index (κ1) is 25.8. The molecule has 1 N–H and O–H groups in total. The molecule has 0 fully saturated rings. The highest BCUT2D eigenvalue weighted by atomic mass is 16.5. The zero-order chi connectivity index (χ0) is 26.4. The van der Waals surface area contributed by atoms with Crippen molar-refractivity contribution in [1.82, 2.24) is 15.2 Å². The molecule has 37 heavy (non-hydrogen) atoms. The van der Waals surface area contributed by atoms with Crippen molar-refractivity contribution in [3.05, 3.63) is 112 Å². The maximum Gasteiger partial charge on any atom is 0.336 e. The number of pyridine rings is 1. The molecule has 7 heteroatoms. The van der Waals surface area contributed by atoms with Crippen molar-refractivity contribution in [3.8, 4) is 0 Å². The van der Waals surface area contributed by atoms with E-state index in [0.29, 0.717) is 23.4 Å². The van der Waals surface area contributed by atoms with E-state index in [1.54, 1.807) is 43.1 Å². The summed E-state index contributed by atoms with van der Waals surface area (Å²) in [5.41, 5.74) is 5.09.